The van der Waals surface area contributed by atoms with Crippen molar-refractivity contribution in [3.8, 4) is 5.75 Å². The molecule has 0 amide bonds. The molecule has 1 aromatic carbocycles. The van der Waals surface area contributed by atoms with E-state index in [0.29, 0.717) is 29.9 Å². The highest BCUT2D eigenvalue weighted by Gasteiger charge is 2.55. The molecule has 1 saturated carbocycles. The molecule has 1 heterocycles. The zero-order chi connectivity index (χ0) is 15.3. The molecular formula is C19H24ClNO2. The third kappa shape index (κ3) is 2.41. The molecule has 1 aliphatic heterocycles. The van der Waals surface area contributed by atoms with Gasteiger partial charge in [-0.1, -0.05) is 12.1 Å². The number of ketones is 1. The Hall–Kier alpha value is -1.32. The van der Waals surface area contributed by atoms with Gasteiger partial charge in [-0.15, -0.1) is 19.0 Å². The lowest BCUT2D eigenvalue weighted by molar-refractivity contribution is -0.127. The van der Waals surface area contributed by atoms with E-state index in [1.807, 2.05) is 12.1 Å². The maximum atomic E-state index is 12.2. The van der Waals surface area contributed by atoms with Crippen molar-refractivity contribution in [2.75, 3.05) is 13.1 Å². The number of rotatable bonds is 2. The number of hydrogen-bond acceptors (Lipinski definition) is 3. The van der Waals surface area contributed by atoms with Crippen LogP contribution in [0.2, 0.25) is 0 Å². The minimum absolute atomic E-state index is 0. The first-order valence-corrected chi connectivity index (χ1v) is 8.33. The summed E-state index contributed by atoms with van der Waals surface area (Å²) in [6.07, 6.45) is 6.42. The first-order chi connectivity index (χ1) is 10.6. The summed E-state index contributed by atoms with van der Waals surface area (Å²) in [5.74, 6) is 1.26. The van der Waals surface area contributed by atoms with E-state index in [1.54, 1.807) is 6.07 Å². The lowest BCUT2D eigenvalue weighted by Gasteiger charge is -2.58. The molecule has 0 unspecified atom stereocenters. The molecule has 0 aromatic heterocycles. The third-order valence-corrected chi connectivity index (χ3v) is 6.16. The van der Waals surface area contributed by atoms with Crippen LogP contribution in [0, 0.1) is 5.92 Å². The molecule has 3 atom stereocenters. The van der Waals surface area contributed by atoms with Crippen molar-refractivity contribution in [2.45, 2.75) is 43.6 Å². The van der Waals surface area contributed by atoms with Gasteiger partial charge >= 0.3 is 0 Å². The Morgan fingerprint density at radius 3 is 3.04 bits per heavy atom. The van der Waals surface area contributed by atoms with E-state index in [4.69, 9.17) is 0 Å². The minimum Gasteiger partial charge on any atom is -0.508 e. The fourth-order valence-corrected chi connectivity index (χ4v) is 5.29. The Kier molecular flexibility index (Phi) is 4.28. The summed E-state index contributed by atoms with van der Waals surface area (Å²) < 4.78 is 0. The molecule has 0 spiro atoms. The van der Waals surface area contributed by atoms with Crippen LogP contribution in [0.3, 0.4) is 0 Å². The van der Waals surface area contributed by atoms with Crippen molar-refractivity contribution >= 4 is 18.2 Å². The average molecular weight is 334 g/mol. The Morgan fingerprint density at radius 2 is 2.26 bits per heavy atom. The summed E-state index contributed by atoms with van der Waals surface area (Å²) >= 11 is 0. The number of phenolic OH excluding ortho intramolecular Hbond substituents is 1. The van der Waals surface area contributed by atoms with Gasteiger partial charge in [-0.05, 0) is 55.0 Å². The van der Waals surface area contributed by atoms with Crippen LogP contribution in [0.25, 0.3) is 0 Å². The summed E-state index contributed by atoms with van der Waals surface area (Å²) in [4.78, 5) is 14.8. The third-order valence-electron chi connectivity index (χ3n) is 6.16. The number of nitrogens with zero attached hydrogens (tertiary/aromatic N) is 1. The molecule has 1 saturated heterocycles. The maximum absolute atomic E-state index is 12.2. The SMILES string of the molecule is C=CCN1CC[C@@]23CC(=O)CC[C@H]2[C@@H]1Cc1ccc(O)cc13.Cl. The largest absolute Gasteiger partial charge is 0.508 e. The van der Waals surface area contributed by atoms with Gasteiger partial charge in [-0.3, -0.25) is 9.69 Å². The number of Topliss-reactive ketones (excluding diaryl/α,β-unsaturated/α-hetero) is 1. The van der Waals surface area contributed by atoms with Gasteiger partial charge in [0.25, 0.3) is 0 Å². The number of phenols is 1. The highest BCUT2D eigenvalue weighted by Crippen LogP contribution is 2.55. The number of piperidine rings is 1. The number of carbonyl (C=O) groups is 1. The van der Waals surface area contributed by atoms with Gasteiger partial charge in [0.05, 0.1) is 0 Å². The van der Waals surface area contributed by atoms with Crippen LogP contribution < -0.4 is 0 Å². The van der Waals surface area contributed by atoms with E-state index < -0.39 is 0 Å². The van der Waals surface area contributed by atoms with Crippen LogP contribution in [0.15, 0.2) is 30.9 Å². The number of likely N-dealkylation sites (tertiary alicyclic amines) is 1. The van der Waals surface area contributed by atoms with E-state index in [2.05, 4.69) is 17.5 Å². The second-order valence-electron chi connectivity index (χ2n) is 7.16. The highest BCUT2D eigenvalue weighted by molar-refractivity contribution is 5.85. The van der Waals surface area contributed by atoms with Gasteiger partial charge < -0.3 is 5.11 Å². The Labute approximate surface area is 143 Å². The molecule has 2 bridgehead atoms. The number of benzene rings is 1. The molecule has 1 aromatic rings. The van der Waals surface area contributed by atoms with Crippen molar-refractivity contribution in [1.82, 2.24) is 4.90 Å². The van der Waals surface area contributed by atoms with Gasteiger partial charge in [0, 0.05) is 30.8 Å². The van der Waals surface area contributed by atoms with Crippen LogP contribution in [0.5, 0.6) is 5.75 Å². The average Bonchev–Trinajstić information content (AvgIpc) is 2.50. The number of halogens is 1. The van der Waals surface area contributed by atoms with Crippen molar-refractivity contribution in [3.05, 3.63) is 42.0 Å². The van der Waals surface area contributed by atoms with Crippen molar-refractivity contribution in [1.29, 1.82) is 0 Å². The Morgan fingerprint density at radius 1 is 1.43 bits per heavy atom. The van der Waals surface area contributed by atoms with E-state index in [0.717, 1.165) is 38.8 Å². The first kappa shape index (κ1) is 16.5. The molecule has 3 nitrogen and oxygen atoms in total. The molecule has 23 heavy (non-hydrogen) atoms. The second-order valence-corrected chi connectivity index (χ2v) is 7.16. The fourth-order valence-electron chi connectivity index (χ4n) is 5.29. The van der Waals surface area contributed by atoms with E-state index in [-0.39, 0.29) is 17.8 Å². The molecular weight excluding hydrogens is 310 g/mol. The van der Waals surface area contributed by atoms with E-state index in [1.165, 1.54) is 11.1 Å². The minimum atomic E-state index is -0.0377. The molecule has 4 heteroatoms. The predicted octanol–water partition coefficient (Wildman–Crippen LogP) is 3.24. The van der Waals surface area contributed by atoms with Gasteiger partial charge in [0.1, 0.15) is 11.5 Å². The number of fused-ring (bicyclic) bond motifs is 1. The summed E-state index contributed by atoms with van der Waals surface area (Å²) in [5.41, 5.74) is 2.53. The zero-order valence-corrected chi connectivity index (χ0v) is 14.1. The number of aromatic hydroxyl groups is 1. The molecule has 2 aliphatic carbocycles. The quantitative estimate of drug-likeness (QED) is 0.845. The van der Waals surface area contributed by atoms with Gasteiger partial charge in [0.15, 0.2) is 0 Å². The maximum Gasteiger partial charge on any atom is 0.133 e. The van der Waals surface area contributed by atoms with Gasteiger partial charge in [0.2, 0.25) is 0 Å². The summed E-state index contributed by atoms with van der Waals surface area (Å²) in [6.45, 7) is 5.85. The topological polar surface area (TPSA) is 40.5 Å². The molecule has 124 valence electrons. The lowest BCUT2D eigenvalue weighted by Crippen LogP contribution is -2.61. The Bertz CT molecular complexity index is 644. The lowest BCUT2D eigenvalue weighted by atomic mass is 9.52. The van der Waals surface area contributed by atoms with Crippen molar-refractivity contribution < 1.29 is 9.90 Å². The van der Waals surface area contributed by atoms with Crippen LogP contribution in [-0.4, -0.2) is 34.9 Å². The summed E-state index contributed by atoms with van der Waals surface area (Å²) in [5, 5.41) is 9.97. The van der Waals surface area contributed by atoms with Crippen LogP contribution in [0.4, 0.5) is 0 Å². The second kappa shape index (κ2) is 5.95. The number of hydrogen-bond donors (Lipinski definition) is 1. The van der Waals surface area contributed by atoms with E-state index >= 15 is 0 Å². The molecule has 4 rings (SSSR count). The monoisotopic (exact) mass is 333 g/mol. The molecule has 2 fully saturated rings. The Balaban J connectivity index is 0.00000156. The predicted molar refractivity (Wildman–Crippen MR) is 93.3 cm³/mol. The summed E-state index contributed by atoms with van der Waals surface area (Å²) in [6, 6.07) is 6.29. The fraction of sp³-hybridized carbons (Fsp3) is 0.526. The standard InChI is InChI=1S/C19H23NO2.ClH/c1-2-8-20-9-7-19-12-15(22)5-6-16(19)18(20)10-13-3-4-14(21)11-17(13)19;/h2-4,11,16,18,21H,1,5-10,12H2;1H/t16-,18-,19+;/m0./s1. The van der Waals surface area contributed by atoms with Gasteiger partial charge in [-0.2, -0.15) is 0 Å². The highest BCUT2D eigenvalue weighted by atomic mass is 35.5. The van der Waals surface area contributed by atoms with E-state index in [9.17, 15) is 9.90 Å². The molecule has 0 radical (unpaired) electrons. The normalized spacial score (nSPS) is 32.4. The number of carbonyl (C=O) groups excluding carboxylic acids is 1. The first-order valence-electron chi connectivity index (χ1n) is 8.33. The van der Waals surface area contributed by atoms with Crippen LogP contribution >= 0.6 is 12.4 Å². The molecule has 3 aliphatic rings. The molecule has 1 N–H and O–H groups in total. The zero-order valence-electron chi connectivity index (χ0n) is 13.3. The smallest absolute Gasteiger partial charge is 0.133 e. The summed E-state index contributed by atoms with van der Waals surface area (Å²) in [7, 11) is 0. The van der Waals surface area contributed by atoms with Crippen molar-refractivity contribution in [3.63, 3.8) is 0 Å². The van der Waals surface area contributed by atoms with Gasteiger partial charge in [-0.25, -0.2) is 0 Å². The van der Waals surface area contributed by atoms with Crippen LogP contribution in [0.1, 0.15) is 36.8 Å². The van der Waals surface area contributed by atoms with Crippen molar-refractivity contribution in [2.24, 2.45) is 5.92 Å². The van der Waals surface area contributed by atoms with Crippen LogP contribution in [-0.2, 0) is 16.6 Å².